The number of nitrogens with zero attached hydrogens (tertiary/aromatic N) is 2. The van der Waals surface area contributed by atoms with E-state index in [1.807, 2.05) is 49.4 Å². The third-order valence-corrected chi connectivity index (χ3v) is 4.66. The molecule has 0 unspecified atom stereocenters. The van der Waals surface area contributed by atoms with Gasteiger partial charge in [0.1, 0.15) is 0 Å². The number of rotatable bonds is 7. The third-order valence-electron chi connectivity index (χ3n) is 4.41. The average Bonchev–Trinajstić information content (AvgIpc) is 2.74. The van der Waals surface area contributed by atoms with Crippen molar-refractivity contribution in [3.05, 3.63) is 105 Å². The number of halogens is 2. The largest absolute Gasteiger partial charge is 0.357 e. The van der Waals surface area contributed by atoms with E-state index in [0.29, 0.717) is 19.6 Å². The van der Waals surface area contributed by atoms with E-state index in [-0.39, 0.29) is 29.5 Å². The van der Waals surface area contributed by atoms with Gasteiger partial charge in [0.15, 0.2) is 5.96 Å². The number of hydrogen-bond acceptors (Lipinski definition) is 2. The summed E-state index contributed by atoms with van der Waals surface area (Å²) in [6.07, 6.45) is 1.80. The second-order valence-electron chi connectivity index (χ2n) is 6.66. The Morgan fingerprint density at radius 1 is 0.933 bits per heavy atom. The van der Waals surface area contributed by atoms with Gasteiger partial charge >= 0.3 is 0 Å². The lowest BCUT2D eigenvalue weighted by atomic mass is 10.1. The van der Waals surface area contributed by atoms with Crippen LogP contribution in [0.3, 0.4) is 0 Å². The highest BCUT2D eigenvalue weighted by atomic mass is 127. The normalized spacial score (nSPS) is 10.9. The predicted molar refractivity (Wildman–Crippen MR) is 135 cm³/mol. The highest BCUT2D eigenvalue weighted by molar-refractivity contribution is 14.0. The van der Waals surface area contributed by atoms with Gasteiger partial charge in [-0.3, -0.25) is 4.79 Å². The lowest BCUT2D eigenvalue weighted by molar-refractivity contribution is 0.758. The van der Waals surface area contributed by atoms with Gasteiger partial charge in [0.25, 0.3) is 5.56 Å². The van der Waals surface area contributed by atoms with Crippen LogP contribution in [0, 0.1) is 0 Å². The first-order valence-corrected chi connectivity index (χ1v) is 10.0. The van der Waals surface area contributed by atoms with Crippen LogP contribution < -0.4 is 16.2 Å². The summed E-state index contributed by atoms with van der Waals surface area (Å²) in [6, 6.07) is 21.1. The van der Waals surface area contributed by atoms with Crippen molar-refractivity contribution >= 4 is 41.5 Å². The molecule has 0 spiro atoms. The topological polar surface area (TPSA) is 58.4 Å². The summed E-state index contributed by atoms with van der Waals surface area (Å²) in [6.45, 7) is 4.64. The van der Waals surface area contributed by atoms with Crippen LogP contribution >= 0.6 is 35.6 Å². The Hall–Kier alpha value is -2.32. The zero-order valence-corrected chi connectivity index (χ0v) is 19.9. The monoisotopic (exact) mass is 536 g/mol. The number of hydrogen-bond donors (Lipinski definition) is 2. The van der Waals surface area contributed by atoms with Gasteiger partial charge in [0.05, 0.1) is 13.1 Å². The van der Waals surface area contributed by atoms with Crippen molar-refractivity contribution in [2.24, 2.45) is 4.99 Å². The van der Waals surface area contributed by atoms with Gasteiger partial charge in [0.2, 0.25) is 0 Å². The third kappa shape index (κ3) is 7.50. The van der Waals surface area contributed by atoms with Gasteiger partial charge < -0.3 is 15.2 Å². The molecule has 0 saturated carbocycles. The summed E-state index contributed by atoms with van der Waals surface area (Å²) in [4.78, 5) is 16.5. The second kappa shape index (κ2) is 12.4. The van der Waals surface area contributed by atoms with Crippen molar-refractivity contribution in [3.63, 3.8) is 0 Å². The minimum absolute atomic E-state index is 0. The van der Waals surface area contributed by atoms with Crippen molar-refractivity contribution in [3.8, 4) is 0 Å². The number of guanidine groups is 1. The Morgan fingerprint density at radius 2 is 1.60 bits per heavy atom. The number of pyridine rings is 1. The Bertz CT molecular complexity index is 1000. The first-order valence-electron chi connectivity index (χ1n) is 9.64. The smallest absolute Gasteiger partial charge is 0.250 e. The van der Waals surface area contributed by atoms with Gasteiger partial charge in [-0.2, -0.15) is 0 Å². The molecule has 1 aromatic heterocycles. The summed E-state index contributed by atoms with van der Waals surface area (Å²) < 4.78 is 1.69. The van der Waals surface area contributed by atoms with Gasteiger partial charge in [-0.15, -0.1) is 24.0 Å². The van der Waals surface area contributed by atoms with Crippen molar-refractivity contribution in [1.29, 1.82) is 0 Å². The molecule has 0 saturated heterocycles. The molecule has 2 aromatic carbocycles. The quantitative estimate of drug-likeness (QED) is 0.267. The van der Waals surface area contributed by atoms with E-state index in [2.05, 4.69) is 27.8 Å². The highest BCUT2D eigenvalue weighted by Crippen LogP contribution is 2.10. The maximum absolute atomic E-state index is 11.8. The second-order valence-corrected chi connectivity index (χ2v) is 7.09. The van der Waals surface area contributed by atoms with E-state index in [0.717, 1.165) is 34.2 Å². The van der Waals surface area contributed by atoms with E-state index in [4.69, 9.17) is 11.6 Å². The van der Waals surface area contributed by atoms with E-state index in [9.17, 15) is 4.79 Å². The molecule has 1 heterocycles. The molecule has 158 valence electrons. The number of aliphatic imine (C=N–C) groups is 1. The fourth-order valence-electron chi connectivity index (χ4n) is 2.84. The summed E-state index contributed by atoms with van der Waals surface area (Å²) in [5, 5.41) is 7.34. The molecule has 5 nitrogen and oxygen atoms in total. The summed E-state index contributed by atoms with van der Waals surface area (Å²) in [5.74, 6) is 0.766. The maximum Gasteiger partial charge on any atom is 0.250 e. The minimum atomic E-state index is 0. The first kappa shape index (κ1) is 24.0. The number of nitrogens with one attached hydrogen (secondary N) is 2. The molecule has 0 fully saturated rings. The molecule has 30 heavy (non-hydrogen) atoms. The summed E-state index contributed by atoms with van der Waals surface area (Å²) >= 11 is 5.93. The van der Waals surface area contributed by atoms with Crippen molar-refractivity contribution in [2.75, 3.05) is 6.54 Å². The standard InChI is InChI=1S/C23H25ClN4O.HI/c1-2-25-23(27-16-19-10-12-21(24)13-11-19)26-15-18-6-8-20(9-7-18)17-28-14-4-3-5-22(28)29;/h3-14H,2,15-17H2,1H3,(H2,25,26,27);1H. The van der Waals surface area contributed by atoms with Gasteiger partial charge in [0, 0.05) is 30.4 Å². The number of aromatic nitrogens is 1. The molecule has 0 radical (unpaired) electrons. The fraction of sp³-hybridized carbons (Fsp3) is 0.217. The summed E-state index contributed by atoms with van der Waals surface area (Å²) in [7, 11) is 0. The van der Waals surface area contributed by atoms with Crippen LogP contribution in [-0.2, 0) is 19.6 Å². The first-order chi connectivity index (χ1) is 14.1. The van der Waals surface area contributed by atoms with Crippen LogP contribution in [0.4, 0.5) is 0 Å². The molecule has 7 heteroatoms. The minimum Gasteiger partial charge on any atom is -0.357 e. The zero-order valence-electron chi connectivity index (χ0n) is 16.8. The van der Waals surface area contributed by atoms with Crippen molar-refractivity contribution in [2.45, 2.75) is 26.6 Å². The van der Waals surface area contributed by atoms with Crippen LogP contribution in [0.25, 0.3) is 0 Å². The molecular formula is C23H26ClIN4O. The molecule has 0 atom stereocenters. The van der Waals surface area contributed by atoms with E-state index in [1.54, 1.807) is 22.9 Å². The maximum atomic E-state index is 11.8. The van der Waals surface area contributed by atoms with Crippen LogP contribution in [0.5, 0.6) is 0 Å². The van der Waals surface area contributed by atoms with Gasteiger partial charge in [-0.1, -0.05) is 54.1 Å². The summed E-state index contributed by atoms with van der Waals surface area (Å²) in [5.41, 5.74) is 3.34. The lowest BCUT2D eigenvalue weighted by Crippen LogP contribution is -2.36. The van der Waals surface area contributed by atoms with Crippen molar-refractivity contribution < 1.29 is 0 Å². The van der Waals surface area contributed by atoms with Gasteiger partial charge in [-0.25, -0.2) is 4.99 Å². The number of benzene rings is 2. The van der Waals surface area contributed by atoms with Gasteiger partial charge in [-0.05, 0) is 41.8 Å². The molecule has 3 rings (SSSR count). The molecule has 0 aliphatic rings. The van der Waals surface area contributed by atoms with E-state index < -0.39 is 0 Å². The molecular weight excluding hydrogens is 511 g/mol. The Kier molecular flexibility index (Phi) is 9.89. The highest BCUT2D eigenvalue weighted by Gasteiger charge is 2.01. The lowest BCUT2D eigenvalue weighted by Gasteiger charge is -2.12. The molecule has 2 N–H and O–H groups in total. The van der Waals surface area contributed by atoms with E-state index in [1.165, 1.54) is 0 Å². The Labute approximate surface area is 199 Å². The average molecular weight is 537 g/mol. The molecule has 3 aromatic rings. The molecule has 0 aliphatic heterocycles. The zero-order chi connectivity index (χ0) is 20.5. The van der Waals surface area contributed by atoms with Crippen LogP contribution in [-0.4, -0.2) is 17.1 Å². The Balaban J connectivity index is 0.00000320. The molecule has 0 amide bonds. The molecule has 0 aliphatic carbocycles. The van der Waals surface area contributed by atoms with Crippen LogP contribution in [0.2, 0.25) is 5.02 Å². The van der Waals surface area contributed by atoms with E-state index >= 15 is 0 Å². The SMILES string of the molecule is CCNC(=NCc1ccc(Cl)cc1)NCc1ccc(Cn2ccccc2=O)cc1.I. The predicted octanol–water partition coefficient (Wildman–Crippen LogP) is 4.42. The van der Waals surface area contributed by atoms with Crippen LogP contribution in [0.15, 0.2) is 82.7 Å². The van der Waals surface area contributed by atoms with Crippen molar-refractivity contribution in [1.82, 2.24) is 15.2 Å². The Morgan fingerprint density at radius 3 is 2.27 bits per heavy atom. The van der Waals surface area contributed by atoms with Crippen LogP contribution in [0.1, 0.15) is 23.6 Å². The molecule has 0 bridgehead atoms. The fourth-order valence-corrected chi connectivity index (χ4v) is 2.96.